The summed E-state index contributed by atoms with van der Waals surface area (Å²) in [6, 6.07) is -0.675. The van der Waals surface area contributed by atoms with Crippen LogP contribution in [0.1, 0.15) is 52.9 Å². The van der Waals surface area contributed by atoms with Crippen LogP contribution in [-0.2, 0) is 19.1 Å². The number of ether oxygens (including phenoxy) is 1. The standard InChI is InChI=1S/C26H39BrN2O5S/c1-6-8-11-15-34-24(33)18-19-22(31)28(13-9-10-14-30)21(26(19)16-17(27)20(18)35-26)23(32)29(12-7-2)25(3,4)5/h6-7,17-21,30H,1-2,8-16H2,3-5H3/t17?,18-,19+,20-,21?,26?/m1/s1. The third kappa shape index (κ3) is 5.23. The summed E-state index contributed by atoms with van der Waals surface area (Å²) < 4.78 is 4.93. The van der Waals surface area contributed by atoms with Gasteiger partial charge in [0.25, 0.3) is 0 Å². The van der Waals surface area contributed by atoms with Crippen molar-refractivity contribution in [3.63, 3.8) is 0 Å². The Hall–Kier alpha value is -1.32. The van der Waals surface area contributed by atoms with Crippen LogP contribution in [0.2, 0.25) is 0 Å². The molecule has 0 aromatic carbocycles. The summed E-state index contributed by atoms with van der Waals surface area (Å²) in [6.45, 7) is 14.5. The fourth-order valence-corrected chi connectivity index (χ4v) is 9.38. The van der Waals surface area contributed by atoms with Gasteiger partial charge < -0.3 is 19.6 Å². The Morgan fingerprint density at radius 3 is 2.60 bits per heavy atom. The van der Waals surface area contributed by atoms with Gasteiger partial charge in [-0.05, 0) is 52.9 Å². The lowest BCUT2D eigenvalue weighted by molar-refractivity contribution is -0.154. The lowest BCUT2D eigenvalue weighted by Gasteiger charge is -2.42. The molecule has 9 heteroatoms. The first-order chi connectivity index (χ1) is 16.5. The maximum Gasteiger partial charge on any atom is 0.310 e. The molecule has 3 rings (SSSR count). The molecule has 6 atom stereocenters. The zero-order valence-electron chi connectivity index (χ0n) is 21.1. The van der Waals surface area contributed by atoms with E-state index in [4.69, 9.17) is 4.74 Å². The van der Waals surface area contributed by atoms with E-state index in [9.17, 15) is 19.5 Å². The molecule has 0 aromatic rings. The molecule has 3 aliphatic rings. The van der Waals surface area contributed by atoms with Gasteiger partial charge in [0.15, 0.2) is 0 Å². The summed E-state index contributed by atoms with van der Waals surface area (Å²) in [4.78, 5) is 44.9. The van der Waals surface area contributed by atoms with E-state index >= 15 is 0 Å². The van der Waals surface area contributed by atoms with Crippen molar-refractivity contribution < 1.29 is 24.2 Å². The number of hydrogen-bond donors (Lipinski definition) is 1. The third-order valence-electron chi connectivity index (χ3n) is 7.29. The van der Waals surface area contributed by atoms with Crippen LogP contribution in [0.25, 0.3) is 0 Å². The fourth-order valence-electron chi connectivity index (χ4n) is 5.78. The second kappa shape index (κ2) is 11.4. The van der Waals surface area contributed by atoms with Crippen LogP contribution in [0, 0.1) is 11.8 Å². The highest BCUT2D eigenvalue weighted by atomic mass is 79.9. The number of hydrogen-bond acceptors (Lipinski definition) is 6. The minimum atomic E-state index is -0.693. The van der Waals surface area contributed by atoms with Crippen molar-refractivity contribution in [2.24, 2.45) is 11.8 Å². The SMILES string of the molecule is C=CCCCOC(=O)[C@H]1[C@@H]2SC3(CC2Br)C(C(=O)N(CC=C)C(C)(C)C)N(CCCCO)C(=O)[C@H]13. The molecule has 0 aliphatic carbocycles. The lowest BCUT2D eigenvalue weighted by atomic mass is 9.71. The Bertz CT molecular complexity index is 846. The van der Waals surface area contributed by atoms with Crippen molar-refractivity contribution in [3.8, 4) is 0 Å². The zero-order chi connectivity index (χ0) is 26.0. The van der Waals surface area contributed by atoms with Crippen molar-refractivity contribution in [1.29, 1.82) is 0 Å². The van der Waals surface area contributed by atoms with Gasteiger partial charge >= 0.3 is 5.97 Å². The van der Waals surface area contributed by atoms with Gasteiger partial charge in [-0.1, -0.05) is 28.1 Å². The van der Waals surface area contributed by atoms with E-state index in [-0.39, 0.29) is 34.5 Å². The van der Waals surface area contributed by atoms with Crippen molar-refractivity contribution in [2.45, 2.75) is 79.3 Å². The summed E-state index contributed by atoms with van der Waals surface area (Å²) >= 11 is 5.39. The number of carbonyl (C=O) groups is 3. The number of aliphatic hydroxyl groups is 1. The number of likely N-dealkylation sites (tertiary alicyclic amines) is 1. The Morgan fingerprint density at radius 1 is 1.29 bits per heavy atom. The minimum Gasteiger partial charge on any atom is -0.465 e. The largest absolute Gasteiger partial charge is 0.465 e. The second-order valence-electron chi connectivity index (χ2n) is 10.6. The van der Waals surface area contributed by atoms with E-state index in [1.54, 1.807) is 33.7 Å². The number of allylic oxidation sites excluding steroid dienone is 1. The number of esters is 1. The molecule has 7 nitrogen and oxygen atoms in total. The maximum atomic E-state index is 14.2. The normalized spacial score (nSPS) is 31.4. The molecule has 3 fully saturated rings. The van der Waals surface area contributed by atoms with Crippen LogP contribution in [0.3, 0.4) is 0 Å². The Balaban J connectivity index is 1.99. The predicted octanol–water partition coefficient (Wildman–Crippen LogP) is 3.55. The average Bonchev–Trinajstić information content (AvgIpc) is 3.37. The Labute approximate surface area is 221 Å². The van der Waals surface area contributed by atoms with Crippen LogP contribution in [0.4, 0.5) is 0 Å². The number of nitrogens with zero attached hydrogens (tertiary/aromatic N) is 2. The number of rotatable bonds is 12. The number of amides is 2. The van der Waals surface area contributed by atoms with E-state index in [1.165, 1.54) is 0 Å². The van der Waals surface area contributed by atoms with Crippen molar-refractivity contribution in [2.75, 3.05) is 26.3 Å². The summed E-state index contributed by atoms with van der Waals surface area (Å²) in [5, 5.41) is 9.20. The number of halogens is 1. The molecule has 1 N–H and O–H groups in total. The molecule has 2 bridgehead atoms. The number of aliphatic hydroxyl groups excluding tert-OH is 1. The number of thioether (sulfide) groups is 1. The lowest BCUT2D eigenvalue weighted by Crippen LogP contribution is -2.59. The summed E-state index contributed by atoms with van der Waals surface area (Å²) in [5.41, 5.74) is -0.460. The van der Waals surface area contributed by atoms with E-state index in [2.05, 4.69) is 29.1 Å². The molecular formula is C26H39BrN2O5S. The topological polar surface area (TPSA) is 87.2 Å². The summed E-state index contributed by atoms with van der Waals surface area (Å²) in [5.74, 6) is -1.78. The molecule has 196 valence electrons. The molecule has 0 aromatic heterocycles. The van der Waals surface area contributed by atoms with Crippen molar-refractivity contribution >= 4 is 45.5 Å². The van der Waals surface area contributed by atoms with E-state index < -0.39 is 28.2 Å². The Morgan fingerprint density at radius 2 is 2.00 bits per heavy atom. The first-order valence-corrected chi connectivity index (χ1v) is 14.3. The molecular weight excluding hydrogens is 532 g/mol. The van der Waals surface area contributed by atoms with Gasteiger partial charge in [0.2, 0.25) is 11.8 Å². The van der Waals surface area contributed by atoms with Crippen LogP contribution >= 0.6 is 27.7 Å². The van der Waals surface area contributed by atoms with Crippen molar-refractivity contribution in [1.82, 2.24) is 9.80 Å². The number of unbranched alkanes of at least 4 members (excludes halogenated alkanes) is 2. The van der Waals surface area contributed by atoms with Gasteiger partial charge in [-0.15, -0.1) is 24.9 Å². The molecule has 2 amide bonds. The van der Waals surface area contributed by atoms with Gasteiger partial charge in [0.1, 0.15) is 6.04 Å². The van der Waals surface area contributed by atoms with Crippen molar-refractivity contribution in [3.05, 3.63) is 25.3 Å². The fraction of sp³-hybridized carbons (Fsp3) is 0.731. The van der Waals surface area contributed by atoms with E-state index in [0.29, 0.717) is 45.4 Å². The molecule has 3 saturated heterocycles. The molecule has 3 heterocycles. The maximum absolute atomic E-state index is 14.2. The molecule has 1 spiro atoms. The quantitative estimate of drug-likeness (QED) is 0.167. The van der Waals surface area contributed by atoms with Gasteiger partial charge in [-0.3, -0.25) is 14.4 Å². The highest BCUT2D eigenvalue weighted by Crippen LogP contribution is 2.68. The molecule has 3 aliphatic heterocycles. The van der Waals surface area contributed by atoms with E-state index in [0.717, 1.165) is 6.42 Å². The predicted molar refractivity (Wildman–Crippen MR) is 142 cm³/mol. The monoisotopic (exact) mass is 570 g/mol. The second-order valence-corrected chi connectivity index (χ2v) is 13.3. The average molecular weight is 572 g/mol. The first kappa shape index (κ1) is 28.3. The highest BCUT2D eigenvalue weighted by molar-refractivity contribution is 9.09. The van der Waals surface area contributed by atoms with Crippen LogP contribution in [0.5, 0.6) is 0 Å². The number of carbonyl (C=O) groups excluding carboxylic acids is 3. The minimum absolute atomic E-state index is 0.0115. The summed E-state index contributed by atoms with van der Waals surface area (Å²) in [6.07, 6.45) is 6.72. The first-order valence-electron chi connectivity index (χ1n) is 12.5. The molecule has 3 unspecified atom stereocenters. The van der Waals surface area contributed by atoms with Crippen LogP contribution < -0.4 is 0 Å². The Kier molecular flexibility index (Phi) is 9.19. The molecule has 0 radical (unpaired) electrons. The zero-order valence-corrected chi connectivity index (χ0v) is 23.5. The van der Waals surface area contributed by atoms with Gasteiger partial charge in [0, 0.05) is 35.3 Å². The van der Waals surface area contributed by atoms with Gasteiger partial charge in [0.05, 0.1) is 23.2 Å². The number of fused-ring (bicyclic) bond motifs is 1. The molecule has 0 saturated carbocycles. The molecule has 35 heavy (non-hydrogen) atoms. The van der Waals surface area contributed by atoms with Gasteiger partial charge in [-0.25, -0.2) is 0 Å². The third-order valence-corrected chi connectivity index (χ3v) is 10.5. The highest BCUT2D eigenvalue weighted by Gasteiger charge is 2.76. The number of alkyl halides is 1. The van der Waals surface area contributed by atoms with E-state index in [1.807, 2.05) is 20.8 Å². The van der Waals surface area contributed by atoms with Crippen LogP contribution in [-0.4, -0.2) is 85.4 Å². The van der Waals surface area contributed by atoms with Crippen LogP contribution in [0.15, 0.2) is 25.3 Å². The van der Waals surface area contributed by atoms with Gasteiger partial charge in [-0.2, -0.15) is 0 Å². The summed E-state index contributed by atoms with van der Waals surface area (Å²) in [7, 11) is 0. The smallest absolute Gasteiger partial charge is 0.310 e.